The van der Waals surface area contributed by atoms with Crippen LogP contribution in [0.2, 0.25) is 0 Å². The Morgan fingerprint density at radius 3 is 2.58 bits per heavy atom. The van der Waals surface area contributed by atoms with Crippen LogP contribution in [0, 0.1) is 0 Å². The van der Waals surface area contributed by atoms with E-state index in [0.717, 1.165) is 38.0 Å². The molecule has 0 saturated carbocycles. The fourth-order valence-corrected chi connectivity index (χ4v) is 2.98. The maximum Gasteiger partial charge on any atom is 0.241 e. The SMILES string of the molecule is CCc1ccc(NC(=O)C(C)N2CCC(OCCCO)CC2)cc1. The number of ether oxygens (including phenoxy) is 1. The molecule has 5 nitrogen and oxygen atoms in total. The largest absolute Gasteiger partial charge is 0.396 e. The molecule has 1 aromatic rings. The Morgan fingerprint density at radius 1 is 1.33 bits per heavy atom. The molecule has 0 bridgehead atoms. The Kier molecular flexibility index (Phi) is 7.69. The third-order valence-corrected chi connectivity index (χ3v) is 4.69. The maximum atomic E-state index is 12.4. The summed E-state index contributed by atoms with van der Waals surface area (Å²) in [5.74, 6) is 0.0406. The third-order valence-electron chi connectivity index (χ3n) is 4.69. The number of hydrogen-bond acceptors (Lipinski definition) is 4. The lowest BCUT2D eigenvalue weighted by molar-refractivity contribution is -0.121. The molecule has 1 aromatic carbocycles. The zero-order valence-electron chi connectivity index (χ0n) is 14.8. The quantitative estimate of drug-likeness (QED) is 0.717. The molecule has 134 valence electrons. The second-order valence-electron chi connectivity index (χ2n) is 6.40. The highest BCUT2D eigenvalue weighted by Crippen LogP contribution is 2.17. The Bertz CT molecular complexity index is 496. The summed E-state index contributed by atoms with van der Waals surface area (Å²) >= 11 is 0. The van der Waals surface area contributed by atoms with E-state index in [1.54, 1.807) is 0 Å². The maximum absolute atomic E-state index is 12.4. The molecule has 0 radical (unpaired) electrons. The van der Waals surface area contributed by atoms with Gasteiger partial charge in [0.05, 0.1) is 12.1 Å². The van der Waals surface area contributed by atoms with Gasteiger partial charge in [-0.15, -0.1) is 0 Å². The number of anilines is 1. The minimum absolute atomic E-state index is 0.0406. The molecule has 1 amide bonds. The van der Waals surface area contributed by atoms with E-state index in [-0.39, 0.29) is 24.7 Å². The van der Waals surface area contributed by atoms with Crippen molar-refractivity contribution < 1.29 is 14.6 Å². The summed E-state index contributed by atoms with van der Waals surface area (Å²) in [6.45, 7) is 6.61. The van der Waals surface area contributed by atoms with Gasteiger partial charge in [-0.1, -0.05) is 19.1 Å². The molecule has 2 rings (SSSR count). The first-order valence-electron chi connectivity index (χ1n) is 9.00. The van der Waals surface area contributed by atoms with Crippen molar-refractivity contribution in [3.05, 3.63) is 29.8 Å². The molecule has 1 saturated heterocycles. The van der Waals surface area contributed by atoms with Crippen LogP contribution >= 0.6 is 0 Å². The number of hydrogen-bond donors (Lipinski definition) is 2. The number of amides is 1. The van der Waals surface area contributed by atoms with Crippen LogP contribution < -0.4 is 5.32 Å². The summed E-state index contributed by atoms with van der Waals surface area (Å²) in [7, 11) is 0. The highest BCUT2D eigenvalue weighted by Gasteiger charge is 2.26. The Labute approximate surface area is 145 Å². The summed E-state index contributed by atoms with van der Waals surface area (Å²) < 4.78 is 5.74. The second kappa shape index (κ2) is 9.77. The standard InChI is InChI=1S/C19H30N2O3/c1-3-16-5-7-17(8-6-16)20-19(23)15(2)21-11-9-18(10-12-21)24-14-4-13-22/h5-8,15,18,22H,3-4,9-14H2,1-2H3,(H,20,23). The fourth-order valence-electron chi connectivity index (χ4n) is 2.98. The summed E-state index contributed by atoms with van der Waals surface area (Å²) in [5.41, 5.74) is 2.12. The van der Waals surface area contributed by atoms with E-state index in [1.165, 1.54) is 5.56 Å². The first-order valence-corrected chi connectivity index (χ1v) is 9.00. The van der Waals surface area contributed by atoms with Gasteiger partial charge in [0.2, 0.25) is 5.91 Å². The number of aryl methyl sites for hydroxylation is 1. The van der Waals surface area contributed by atoms with Crippen LogP contribution in [0.3, 0.4) is 0 Å². The van der Waals surface area contributed by atoms with E-state index in [0.29, 0.717) is 13.0 Å². The highest BCUT2D eigenvalue weighted by atomic mass is 16.5. The number of likely N-dealkylation sites (tertiary alicyclic amines) is 1. The van der Waals surface area contributed by atoms with Crippen molar-refractivity contribution in [2.75, 3.05) is 31.6 Å². The topological polar surface area (TPSA) is 61.8 Å². The number of carbonyl (C=O) groups is 1. The number of nitrogens with zero attached hydrogens (tertiary/aromatic N) is 1. The Hall–Kier alpha value is -1.43. The van der Waals surface area contributed by atoms with Crippen LogP contribution in [-0.2, 0) is 16.0 Å². The van der Waals surface area contributed by atoms with Crippen LogP contribution in [0.25, 0.3) is 0 Å². The average Bonchev–Trinajstić information content (AvgIpc) is 2.62. The predicted octanol–water partition coefficient (Wildman–Crippen LogP) is 2.44. The molecule has 0 aliphatic carbocycles. The summed E-state index contributed by atoms with van der Waals surface area (Å²) in [4.78, 5) is 14.7. The molecular weight excluding hydrogens is 304 g/mol. The van der Waals surface area contributed by atoms with Gasteiger partial charge in [-0.05, 0) is 50.3 Å². The average molecular weight is 334 g/mol. The number of piperidine rings is 1. The van der Waals surface area contributed by atoms with Gasteiger partial charge in [0.1, 0.15) is 0 Å². The molecule has 0 spiro atoms. The normalized spacial score (nSPS) is 17.6. The van der Waals surface area contributed by atoms with Gasteiger partial charge < -0.3 is 15.2 Å². The first kappa shape index (κ1) is 18.9. The molecule has 1 atom stereocenters. The van der Waals surface area contributed by atoms with Gasteiger partial charge in [-0.25, -0.2) is 0 Å². The van der Waals surface area contributed by atoms with Crippen LogP contribution in [0.1, 0.15) is 38.7 Å². The summed E-state index contributed by atoms with van der Waals surface area (Å²) in [5, 5.41) is 11.8. The number of carbonyl (C=O) groups excluding carboxylic acids is 1. The van der Waals surface area contributed by atoms with E-state index in [1.807, 2.05) is 19.1 Å². The van der Waals surface area contributed by atoms with Crippen molar-refractivity contribution >= 4 is 11.6 Å². The Balaban J connectivity index is 1.76. The minimum atomic E-state index is -0.144. The van der Waals surface area contributed by atoms with Gasteiger partial charge in [0, 0.05) is 32.0 Å². The van der Waals surface area contributed by atoms with E-state index < -0.39 is 0 Å². The number of rotatable bonds is 8. The van der Waals surface area contributed by atoms with E-state index in [9.17, 15) is 4.79 Å². The van der Waals surface area contributed by atoms with Crippen molar-refractivity contribution in [3.8, 4) is 0 Å². The number of benzene rings is 1. The molecular formula is C19H30N2O3. The van der Waals surface area contributed by atoms with E-state index in [2.05, 4.69) is 29.3 Å². The van der Waals surface area contributed by atoms with Crippen LogP contribution in [0.5, 0.6) is 0 Å². The van der Waals surface area contributed by atoms with Crippen molar-refractivity contribution in [1.29, 1.82) is 0 Å². The number of aliphatic hydroxyl groups is 1. The lowest BCUT2D eigenvalue weighted by Gasteiger charge is -2.35. The third kappa shape index (κ3) is 5.58. The van der Waals surface area contributed by atoms with Gasteiger partial charge in [-0.2, -0.15) is 0 Å². The van der Waals surface area contributed by atoms with Crippen molar-refractivity contribution in [2.45, 2.75) is 51.7 Å². The molecule has 24 heavy (non-hydrogen) atoms. The molecule has 1 unspecified atom stereocenters. The smallest absolute Gasteiger partial charge is 0.241 e. The van der Waals surface area contributed by atoms with Crippen molar-refractivity contribution in [1.82, 2.24) is 4.90 Å². The minimum Gasteiger partial charge on any atom is -0.396 e. The predicted molar refractivity (Wildman–Crippen MR) is 96.2 cm³/mol. The zero-order valence-corrected chi connectivity index (χ0v) is 14.8. The van der Waals surface area contributed by atoms with Crippen molar-refractivity contribution in [3.63, 3.8) is 0 Å². The fraction of sp³-hybridized carbons (Fsp3) is 0.632. The van der Waals surface area contributed by atoms with Crippen molar-refractivity contribution in [2.24, 2.45) is 0 Å². The van der Waals surface area contributed by atoms with Gasteiger partial charge >= 0.3 is 0 Å². The van der Waals surface area contributed by atoms with Crippen LogP contribution in [0.15, 0.2) is 24.3 Å². The Morgan fingerprint density at radius 2 is 2.00 bits per heavy atom. The summed E-state index contributed by atoms with van der Waals surface area (Å²) in [6.07, 6.45) is 3.82. The lowest BCUT2D eigenvalue weighted by atomic mass is 10.1. The number of nitrogens with one attached hydrogen (secondary N) is 1. The lowest BCUT2D eigenvalue weighted by Crippen LogP contribution is -2.47. The van der Waals surface area contributed by atoms with Crippen LogP contribution in [0.4, 0.5) is 5.69 Å². The van der Waals surface area contributed by atoms with Gasteiger partial charge in [0.25, 0.3) is 0 Å². The van der Waals surface area contributed by atoms with Gasteiger partial charge in [0.15, 0.2) is 0 Å². The monoisotopic (exact) mass is 334 g/mol. The highest BCUT2D eigenvalue weighted by molar-refractivity contribution is 5.94. The molecule has 1 aliphatic rings. The summed E-state index contributed by atoms with van der Waals surface area (Å²) in [6, 6.07) is 7.88. The van der Waals surface area contributed by atoms with E-state index >= 15 is 0 Å². The first-order chi connectivity index (χ1) is 11.6. The molecule has 1 fully saturated rings. The van der Waals surface area contributed by atoms with E-state index in [4.69, 9.17) is 9.84 Å². The second-order valence-corrected chi connectivity index (χ2v) is 6.40. The molecule has 1 heterocycles. The molecule has 5 heteroatoms. The molecule has 0 aromatic heterocycles. The molecule has 1 aliphatic heterocycles. The molecule has 2 N–H and O–H groups in total. The number of aliphatic hydroxyl groups excluding tert-OH is 1. The van der Waals surface area contributed by atoms with Gasteiger partial charge in [-0.3, -0.25) is 9.69 Å². The zero-order chi connectivity index (χ0) is 17.4. The van der Waals surface area contributed by atoms with Crippen LogP contribution in [-0.4, -0.2) is 54.4 Å².